The second-order valence-electron chi connectivity index (χ2n) is 4.42. The summed E-state index contributed by atoms with van der Waals surface area (Å²) in [6.07, 6.45) is 4.13. The van der Waals surface area contributed by atoms with Gasteiger partial charge >= 0.3 is 5.97 Å². The topological polar surface area (TPSA) is 44.8 Å². The van der Waals surface area contributed by atoms with Crippen molar-refractivity contribution in [3.8, 4) is 11.5 Å². The fourth-order valence-electron chi connectivity index (χ4n) is 2.09. The molecule has 1 aliphatic rings. The molecule has 0 N–H and O–H groups in total. The Morgan fingerprint density at radius 3 is 3.00 bits per heavy atom. The molecular weight excluding hydrogens is 244 g/mol. The van der Waals surface area contributed by atoms with Crippen LogP contribution in [0.15, 0.2) is 18.2 Å². The average Bonchev–Trinajstić information content (AvgIpc) is 2.75. The van der Waals surface area contributed by atoms with E-state index in [0.29, 0.717) is 6.61 Å². The first kappa shape index (κ1) is 13.5. The fourth-order valence-corrected chi connectivity index (χ4v) is 2.09. The van der Waals surface area contributed by atoms with Crippen LogP contribution < -0.4 is 9.47 Å². The highest BCUT2D eigenvalue weighted by atomic mass is 16.5. The van der Waals surface area contributed by atoms with Crippen molar-refractivity contribution in [2.24, 2.45) is 0 Å². The Hall–Kier alpha value is -1.97. The summed E-state index contributed by atoms with van der Waals surface area (Å²) in [6.45, 7) is 4.54. The zero-order chi connectivity index (χ0) is 13.8. The lowest BCUT2D eigenvalue weighted by molar-refractivity contribution is -0.134. The van der Waals surface area contributed by atoms with E-state index in [0.717, 1.165) is 29.0 Å². The van der Waals surface area contributed by atoms with Gasteiger partial charge in [-0.2, -0.15) is 0 Å². The van der Waals surface area contributed by atoms with Crippen molar-refractivity contribution in [1.82, 2.24) is 0 Å². The van der Waals surface area contributed by atoms with Crippen LogP contribution in [-0.2, 0) is 16.0 Å². The van der Waals surface area contributed by atoms with Crippen LogP contribution in [0.1, 0.15) is 25.0 Å². The Kier molecular flexibility index (Phi) is 4.10. The standard InChI is InChI=1S/C15H18O4/c1-4-18-13-9-12-7-10(2)19-14(12)8-11(13)5-6-15(16)17-3/h5-6,8-10H,4,7H2,1-3H3/b6-5+/t10-/m1/s1. The Balaban J connectivity index is 2.33. The lowest BCUT2D eigenvalue weighted by Crippen LogP contribution is -2.05. The van der Waals surface area contributed by atoms with Crippen LogP contribution >= 0.6 is 0 Å². The number of carbonyl (C=O) groups is 1. The molecule has 0 spiro atoms. The predicted octanol–water partition coefficient (Wildman–Crippen LogP) is 2.59. The van der Waals surface area contributed by atoms with Crippen molar-refractivity contribution in [3.05, 3.63) is 29.3 Å². The van der Waals surface area contributed by atoms with E-state index in [-0.39, 0.29) is 6.10 Å². The van der Waals surface area contributed by atoms with Crippen LogP contribution in [0.25, 0.3) is 6.08 Å². The van der Waals surface area contributed by atoms with Crippen LogP contribution in [0.5, 0.6) is 11.5 Å². The molecule has 1 atom stereocenters. The number of fused-ring (bicyclic) bond motifs is 1. The van der Waals surface area contributed by atoms with Gasteiger partial charge in [-0.15, -0.1) is 0 Å². The van der Waals surface area contributed by atoms with Gasteiger partial charge in [0.05, 0.1) is 13.7 Å². The van der Waals surface area contributed by atoms with Crippen molar-refractivity contribution in [2.75, 3.05) is 13.7 Å². The summed E-state index contributed by atoms with van der Waals surface area (Å²) in [5, 5.41) is 0. The number of ether oxygens (including phenoxy) is 3. The van der Waals surface area contributed by atoms with Gasteiger partial charge in [-0.3, -0.25) is 0 Å². The lowest BCUT2D eigenvalue weighted by Gasteiger charge is -2.09. The lowest BCUT2D eigenvalue weighted by atomic mass is 10.1. The molecule has 0 radical (unpaired) electrons. The van der Waals surface area contributed by atoms with E-state index in [1.807, 2.05) is 26.0 Å². The van der Waals surface area contributed by atoms with Crippen LogP contribution in [0, 0.1) is 0 Å². The summed E-state index contributed by atoms with van der Waals surface area (Å²) in [5.41, 5.74) is 1.96. The first-order valence-electron chi connectivity index (χ1n) is 6.36. The molecule has 1 heterocycles. The van der Waals surface area contributed by atoms with Gasteiger partial charge in [-0.1, -0.05) is 0 Å². The van der Waals surface area contributed by atoms with Gasteiger partial charge in [-0.05, 0) is 32.1 Å². The second kappa shape index (κ2) is 5.78. The molecule has 102 valence electrons. The number of carbonyl (C=O) groups excluding carboxylic acids is 1. The molecule has 4 nitrogen and oxygen atoms in total. The Morgan fingerprint density at radius 2 is 2.32 bits per heavy atom. The summed E-state index contributed by atoms with van der Waals surface area (Å²) in [7, 11) is 1.35. The fraction of sp³-hybridized carbons (Fsp3) is 0.400. The van der Waals surface area contributed by atoms with Crippen molar-refractivity contribution in [3.63, 3.8) is 0 Å². The molecule has 0 fully saturated rings. The summed E-state index contributed by atoms with van der Waals surface area (Å²) >= 11 is 0. The average molecular weight is 262 g/mol. The molecule has 0 aromatic heterocycles. The van der Waals surface area contributed by atoms with Crippen LogP contribution in [0.4, 0.5) is 0 Å². The SMILES string of the molecule is CCOc1cc2c(cc1/C=C/C(=O)OC)O[C@H](C)C2. The molecule has 4 heteroatoms. The van der Waals surface area contributed by atoms with Gasteiger partial charge in [0.1, 0.15) is 17.6 Å². The summed E-state index contributed by atoms with van der Waals surface area (Å²) in [4.78, 5) is 11.2. The van der Waals surface area contributed by atoms with E-state index < -0.39 is 5.97 Å². The minimum absolute atomic E-state index is 0.185. The predicted molar refractivity (Wildman–Crippen MR) is 72.5 cm³/mol. The monoisotopic (exact) mass is 262 g/mol. The van der Waals surface area contributed by atoms with Crippen molar-refractivity contribution in [1.29, 1.82) is 0 Å². The third-order valence-electron chi connectivity index (χ3n) is 2.93. The molecule has 19 heavy (non-hydrogen) atoms. The third kappa shape index (κ3) is 3.08. The summed E-state index contributed by atoms with van der Waals surface area (Å²) < 4.78 is 15.9. The van der Waals surface area contributed by atoms with Crippen LogP contribution in [0.2, 0.25) is 0 Å². The van der Waals surface area contributed by atoms with Gasteiger partial charge in [-0.25, -0.2) is 4.79 Å². The first-order valence-corrected chi connectivity index (χ1v) is 6.36. The minimum atomic E-state index is -0.391. The molecule has 1 aromatic carbocycles. The molecule has 0 amide bonds. The molecule has 0 aliphatic carbocycles. The van der Waals surface area contributed by atoms with E-state index in [2.05, 4.69) is 4.74 Å². The van der Waals surface area contributed by atoms with Gasteiger partial charge in [0.25, 0.3) is 0 Å². The van der Waals surface area contributed by atoms with Gasteiger partial charge < -0.3 is 14.2 Å². The maximum Gasteiger partial charge on any atom is 0.330 e. The maximum atomic E-state index is 11.2. The van der Waals surface area contributed by atoms with Crippen LogP contribution in [0.3, 0.4) is 0 Å². The Morgan fingerprint density at radius 1 is 1.53 bits per heavy atom. The van der Waals surface area contributed by atoms with Crippen molar-refractivity contribution >= 4 is 12.0 Å². The molecule has 2 rings (SSSR count). The first-order chi connectivity index (χ1) is 9.13. The van der Waals surface area contributed by atoms with Crippen LogP contribution in [-0.4, -0.2) is 25.8 Å². The number of esters is 1. The highest BCUT2D eigenvalue weighted by Gasteiger charge is 2.21. The molecule has 0 saturated heterocycles. The number of hydrogen-bond donors (Lipinski definition) is 0. The minimum Gasteiger partial charge on any atom is -0.493 e. The van der Waals surface area contributed by atoms with E-state index >= 15 is 0 Å². The van der Waals surface area contributed by atoms with Gasteiger partial charge in [0.2, 0.25) is 0 Å². The number of methoxy groups -OCH3 is 1. The normalized spacial score (nSPS) is 17.1. The van der Waals surface area contributed by atoms with Gasteiger partial charge in [0.15, 0.2) is 0 Å². The number of benzene rings is 1. The maximum absolute atomic E-state index is 11.2. The van der Waals surface area contributed by atoms with E-state index in [1.54, 1.807) is 6.08 Å². The van der Waals surface area contributed by atoms with Crippen molar-refractivity contribution in [2.45, 2.75) is 26.4 Å². The largest absolute Gasteiger partial charge is 0.493 e. The third-order valence-corrected chi connectivity index (χ3v) is 2.93. The summed E-state index contributed by atoms with van der Waals surface area (Å²) in [5.74, 6) is 1.23. The molecule has 0 bridgehead atoms. The van der Waals surface area contributed by atoms with E-state index in [1.165, 1.54) is 13.2 Å². The molecule has 0 unspecified atom stereocenters. The van der Waals surface area contributed by atoms with E-state index in [9.17, 15) is 4.79 Å². The number of rotatable bonds is 4. The molecule has 1 aliphatic heterocycles. The zero-order valence-corrected chi connectivity index (χ0v) is 11.4. The Labute approximate surface area is 113 Å². The quantitative estimate of drug-likeness (QED) is 0.618. The second-order valence-corrected chi connectivity index (χ2v) is 4.42. The Bertz CT molecular complexity index is 505. The molecule has 0 saturated carbocycles. The number of hydrogen-bond acceptors (Lipinski definition) is 4. The highest BCUT2D eigenvalue weighted by molar-refractivity contribution is 5.87. The zero-order valence-electron chi connectivity index (χ0n) is 11.4. The molecular formula is C15H18O4. The molecule has 1 aromatic rings. The highest BCUT2D eigenvalue weighted by Crippen LogP contribution is 2.35. The smallest absolute Gasteiger partial charge is 0.330 e. The summed E-state index contributed by atoms with van der Waals surface area (Å²) in [6, 6.07) is 3.89. The van der Waals surface area contributed by atoms with E-state index in [4.69, 9.17) is 9.47 Å². The van der Waals surface area contributed by atoms with Gasteiger partial charge in [0, 0.05) is 23.6 Å². The van der Waals surface area contributed by atoms with Crippen molar-refractivity contribution < 1.29 is 19.0 Å².